The molecule has 1 aliphatic heterocycles. The zero-order chi connectivity index (χ0) is 9.90. The smallest absolute Gasteiger partial charge is 0.309 e. The van der Waals surface area contributed by atoms with Crippen LogP contribution in [0, 0.1) is 0 Å². The molecule has 0 spiro atoms. The Morgan fingerprint density at radius 3 is 2.85 bits per heavy atom. The normalized spacial score (nSPS) is 28.0. The first-order valence-electron chi connectivity index (χ1n) is 4.43. The maximum Gasteiger partial charge on any atom is 0.309 e. The van der Waals surface area contributed by atoms with E-state index in [2.05, 4.69) is 0 Å². The van der Waals surface area contributed by atoms with Crippen LogP contribution in [-0.2, 0) is 19.1 Å². The van der Waals surface area contributed by atoms with Crippen LogP contribution in [0.15, 0.2) is 0 Å². The molecule has 0 aromatic heterocycles. The van der Waals surface area contributed by atoms with E-state index < -0.39 is 5.60 Å². The molecule has 4 nitrogen and oxygen atoms in total. The van der Waals surface area contributed by atoms with Crippen LogP contribution in [0.2, 0.25) is 0 Å². The summed E-state index contributed by atoms with van der Waals surface area (Å²) in [6.45, 7) is 3.61. The van der Waals surface area contributed by atoms with Gasteiger partial charge in [-0.2, -0.15) is 0 Å². The van der Waals surface area contributed by atoms with Crippen molar-refractivity contribution in [3.05, 3.63) is 0 Å². The van der Waals surface area contributed by atoms with Crippen molar-refractivity contribution >= 4 is 11.9 Å². The molecular weight excluding hydrogens is 172 g/mol. The Kier molecular flexibility index (Phi) is 2.90. The average Bonchev–Trinajstić information content (AvgIpc) is 2.03. The molecule has 0 radical (unpaired) electrons. The summed E-state index contributed by atoms with van der Waals surface area (Å²) in [6.07, 6.45) is 1.44. The van der Waals surface area contributed by atoms with Crippen molar-refractivity contribution in [3.8, 4) is 0 Å². The van der Waals surface area contributed by atoms with Crippen molar-refractivity contribution in [3.63, 3.8) is 0 Å². The van der Waals surface area contributed by atoms with Crippen LogP contribution >= 0.6 is 0 Å². The third-order valence-electron chi connectivity index (χ3n) is 2.29. The van der Waals surface area contributed by atoms with Gasteiger partial charge in [-0.3, -0.25) is 9.59 Å². The lowest BCUT2D eigenvalue weighted by atomic mass is 9.91. The number of ether oxygens (including phenoxy) is 2. The van der Waals surface area contributed by atoms with E-state index >= 15 is 0 Å². The van der Waals surface area contributed by atoms with Crippen molar-refractivity contribution in [1.29, 1.82) is 0 Å². The van der Waals surface area contributed by atoms with Gasteiger partial charge in [0.1, 0.15) is 5.60 Å². The molecule has 0 aliphatic carbocycles. The van der Waals surface area contributed by atoms with Crippen molar-refractivity contribution < 1.29 is 19.1 Å². The first-order valence-corrected chi connectivity index (χ1v) is 4.43. The number of carbonyl (C=O) groups excluding carboxylic acids is 2. The quantitative estimate of drug-likeness (QED) is 0.604. The second-order valence-electron chi connectivity index (χ2n) is 3.28. The van der Waals surface area contributed by atoms with E-state index in [-0.39, 0.29) is 18.4 Å². The van der Waals surface area contributed by atoms with Gasteiger partial charge >= 0.3 is 11.9 Å². The molecule has 1 unspecified atom stereocenters. The highest BCUT2D eigenvalue weighted by Crippen LogP contribution is 2.29. The summed E-state index contributed by atoms with van der Waals surface area (Å²) in [5.74, 6) is -0.620. The molecule has 1 aliphatic rings. The fourth-order valence-electron chi connectivity index (χ4n) is 1.52. The standard InChI is InChI=1S/C9H14O4/c1-3-9(13-7(2)10)4-5-12-8(11)6-9/h3-6H2,1-2H3. The number of esters is 2. The van der Waals surface area contributed by atoms with E-state index in [0.717, 1.165) is 0 Å². The van der Waals surface area contributed by atoms with Crippen molar-refractivity contribution in [2.45, 2.75) is 38.7 Å². The van der Waals surface area contributed by atoms with Crippen molar-refractivity contribution in [2.24, 2.45) is 0 Å². The average molecular weight is 186 g/mol. The number of hydrogen-bond donors (Lipinski definition) is 0. The molecule has 13 heavy (non-hydrogen) atoms. The Hall–Kier alpha value is -1.06. The highest BCUT2D eigenvalue weighted by atomic mass is 16.6. The molecule has 74 valence electrons. The Morgan fingerprint density at radius 1 is 1.69 bits per heavy atom. The Morgan fingerprint density at radius 2 is 2.38 bits per heavy atom. The summed E-state index contributed by atoms with van der Waals surface area (Å²) < 4.78 is 9.94. The summed E-state index contributed by atoms with van der Waals surface area (Å²) in [6, 6.07) is 0. The van der Waals surface area contributed by atoms with E-state index in [4.69, 9.17) is 9.47 Å². The van der Waals surface area contributed by atoms with Gasteiger partial charge in [-0.1, -0.05) is 6.92 Å². The lowest BCUT2D eigenvalue weighted by Crippen LogP contribution is -2.41. The molecule has 0 saturated carbocycles. The molecular formula is C9H14O4. The molecule has 1 fully saturated rings. The zero-order valence-corrected chi connectivity index (χ0v) is 7.96. The lowest BCUT2D eigenvalue weighted by Gasteiger charge is -2.34. The molecule has 1 saturated heterocycles. The second-order valence-corrected chi connectivity index (χ2v) is 3.28. The van der Waals surface area contributed by atoms with Gasteiger partial charge in [-0.15, -0.1) is 0 Å². The highest BCUT2D eigenvalue weighted by molar-refractivity contribution is 5.73. The van der Waals surface area contributed by atoms with Gasteiger partial charge in [-0.25, -0.2) is 0 Å². The highest BCUT2D eigenvalue weighted by Gasteiger charge is 2.38. The molecule has 0 amide bonds. The van der Waals surface area contributed by atoms with Crippen LogP contribution < -0.4 is 0 Å². The number of cyclic esters (lactones) is 1. The van der Waals surface area contributed by atoms with Gasteiger partial charge in [0.25, 0.3) is 0 Å². The van der Waals surface area contributed by atoms with Gasteiger partial charge in [0.2, 0.25) is 0 Å². The predicted octanol–water partition coefficient (Wildman–Crippen LogP) is 1.04. The largest absolute Gasteiger partial charge is 0.465 e. The Bertz CT molecular complexity index is 220. The minimum Gasteiger partial charge on any atom is -0.465 e. The molecule has 1 rings (SSSR count). The number of hydrogen-bond acceptors (Lipinski definition) is 4. The van der Waals surface area contributed by atoms with Crippen LogP contribution in [0.5, 0.6) is 0 Å². The van der Waals surface area contributed by atoms with Gasteiger partial charge in [0.05, 0.1) is 13.0 Å². The minimum atomic E-state index is -0.610. The van der Waals surface area contributed by atoms with E-state index in [0.29, 0.717) is 19.4 Å². The fourth-order valence-corrected chi connectivity index (χ4v) is 1.52. The first kappa shape index (κ1) is 10.0. The topological polar surface area (TPSA) is 52.6 Å². The van der Waals surface area contributed by atoms with E-state index in [1.165, 1.54) is 6.92 Å². The van der Waals surface area contributed by atoms with Crippen molar-refractivity contribution in [1.82, 2.24) is 0 Å². The Balaban J connectivity index is 2.67. The molecule has 0 aromatic carbocycles. The van der Waals surface area contributed by atoms with Gasteiger partial charge in [0.15, 0.2) is 0 Å². The van der Waals surface area contributed by atoms with Crippen LogP contribution in [-0.4, -0.2) is 24.1 Å². The number of carbonyl (C=O) groups is 2. The first-order chi connectivity index (χ1) is 6.08. The summed E-state index contributed by atoms with van der Waals surface area (Å²) in [7, 11) is 0. The minimum absolute atomic E-state index is 0.184. The monoisotopic (exact) mass is 186 g/mol. The second kappa shape index (κ2) is 3.77. The van der Waals surface area contributed by atoms with Crippen LogP contribution in [0.25, 0.3) is 0 Å². The number of rotatable bonds is 2. The molecule has 4 heteroatoms. The Labute approximate surface area is 77.2 Å². The molecule has 0 N–H and O–H groups in total. The predicted molar refractivity (Wildman–Crippen MR) is 45.0 cm³/mol. The lowest BCUT2D eigenvalue weighted by molar-refractivity contribution is -0.176. The van der Waals surface area contributed by atoms with Gasteiger partial charge < -0.3 is 9.47 Å². The van der Waals surface area contributed by atoms with Crippen LogP contribution in [0.3, 0.4) is 0 Å². The molecule has 0 aromatic rings. The third-order valence-corrected chi connectivity index (χ3v) is 2.29. The maximum absolute atomic E-state index is 11.0. The molecule has 1 heterocycles. The van der Waals surface area contributed by atoms with Crippen molar-refractivity contribution in [2.75, 3.05) is 6.61 Å². The van der Waals surface area contributed by atoms with E-state index in [1.54, 1.807) is 0 Å². The SMILES string of the molecule is CCC1(OC(C)=O)CCOC(=O)C1. The molecule has 0 bridgehead atoms. The van der Waals surface area contributed by atoms with E-state index in [1.807, 2.05) is 6.92 Å². The summed E-state index contributed by atoms with van der Waals surface area (Å²) in [5, 5.41) is 0. The van der Waals surface area contributed by atoms with Gasteiger partial charge in [-0.05, 0) is 6.42 Å². The molecule has 1 atom stereocenters. The van der Waals surface area contributed by atoms with Gasteiger partial charge in [0, 0.05) is 13.3 Å². The summed E-state index contributed by atoms with van der Waals surface area (Å²) in [4.78, 5) is 21.8. The third kappa shape index (κ3) is 2.44. The van der Waals surface area contributed by atoms with Crippen LogP contribution in [0.1, 0.15) is 33.1 Å². The zero-order valence-electron chi connectivity index (χ0n) is 7.96. The van der Waals surface area contributed by atoms with E-state index in [9.17, 15) is 9.59 Å². The summed E-state index contributed by atoms with van der Waals surface area (Å²) >= 11 is 0. The fraction of sp³-hybridized carbons (Fsp3) is 0.778. The summed E-state index contributed by atoms with van der Waals surface area (Å²) in [5.41, 5.74) is -0.610. The van der Waals surface area contributed by atoms with Crippen LogP contribution in [0.4, 0.5) is 0 Å². The maximum atomic E-state index is 11.0.